The van der Waals surface area contributed by atoms with Crippen molar-refractivity contribution in [2.24, 2.45) is 5.92 Å². The zero-order valence-electron chi connectivity index (χ0n) is 14.9. The molecule has 1 aromatic heterocycles. The van der Waals surface area contributed by atoms with Crippen molar-refractivity contribution in [1.29, 1.82) is 0 Å². The molecule has 5 N–H and O–H groups in total. The van der Waals surface area contributed by atoms with Gasteiger partial charge in [-0.15, -0.1) is 0 Å². The van der Waals surface area contributed by atoms with Crippen molar-refractivity contribution in [3.05, 3.63) is 18.5 Å². The Hall–Kier alpha value is -1.97. The Morgan fingerprint density at radius 1 is 1.19 bits per heavy atom. The fourth-order valence-corrected chi connectivity index (χ4v) is 4.20. The van der Waals surface area contributed by atoms with Gasteiger partial charge in [0.1, 0.15) is 0 Å². The molecule has 142 valence electrons. The third-order valence-electron chi connectivity index (χ3n) is 5.61. The van der Waals surface area contributed by atoms with E-state index < -0.39 is 0 Å². The third-order valence-corrected chi connectivity index (χ3v) is 5.61. The highest BCUT2D eigenvalue weighted by Crippen LogP contribution is 2.21. The van der Waals surface area contributed by atoms with Crippen molar-refractivity contribution in [3.63, 3.8) is 0 Å². The van der Waals surface area contributed by atoms with Gasteiger partial charge in [-0.3, -0.25) is 0 Å². The second-order valence-electron chi connectivity index (χ2n) is 7.49. The number of hydrazine groups is 2. The van der Waals surface area contributed by atoms with Crippen LogP contribution in [0.2, 0.25) is 0 Å². The monoisotopic (exact) mass is 360 g/mol. The molecule has 0 radical (unpaired) electrons. The standard InChI is InChI=1S/C17H28N8O/c26-17(21-13-4-5-14-15(9-13)23-24-22-14)20-10-12-3-1-8-25(11-12)16-18-6-2-7-19-16/h2,6-7,12-15,22-24H,1,3-5,8-11H2,(H2,20,21,26). The lowest BCUT2D eigenvalue weighted by atomic mass is 9.88. The van der Waals surface area contributed by atoms with E-state index in [-0.39, 0.29) is 12.1 Å². The maximum absolute atomic E-state index is 12.3. The van der Waals surface area contributed by atoms with Crippen LogP contribution in [0.25, 0.3) is 0 Å². The van der Waals surface area contributed by atoms with Gasteiger partial charge in [-0.25, -0.2) is 25.6 Å². The van der Waals surface area contributed by atoms with Gasteiger partial charge in [0.25, 0.3) is 0 Å². The van der Waals surface area contributed by atoms with E-state index in [0.717, 1.165) is 51.1 Å². The Labute approximate surface area is 153 Å². The number of urea groups is 1. The zero-order chi connectivity index (χ0) is 17.8. The summed E-state index contributed by atoms with van der Waals surface area (Å²) in [6.45, 7) is 2.56. The van der Waals surface area contributed by atoms with Crippen LogP contribution >= 0.6 is 0 Å². The summed E-state index contributed by atoms with van der Waals surface area (Å²) in [6.07, 6.45) is 8.78. The summed E-state index contributed by atoms with van der Waals surface area (Å²) in [5.41, 5.74) is 9.41. The molecule has 2 amide bonds. The molecule has 2 aliphatic heterocycles. The van der Waals surface area contributed by atoms with Gasteiger partial charge in [0.05, 0.1) is 0 Å². The van der Waals surface area contributed by atoms with E-state index in [9.17, 15) is 4.79 Å². The Bertz CT molecular complexity index is 600. The Kier molecular flexibility index (Phi) is 5.47. The predicted octanol–water partition coefficient (Wildman–Crippen LogP) is -0.106. The summed E-state index contributed by atoms with van der Waals surface area (Å²) in [5.74, 6) is 1.21. The van der Waals surface area contributed by atoms with Crippen molar-refractivity contribution >= 4 is 12.0 Å². The van der Waals surface area contributed by atoms with Crippen LogP contribution in [-0.2, 0) is 0 Å². The van der Waals surface area contributed by atoms with E-state index in [1.165, 1.54) is 0 Å². The van der Waals surface area contributed by atoms with Crippen molar-refractivity contribution in [1.82, 2.24) is 37.0 Å². The molecular weight excluding hydrogens is 332 g/mol. The van der Waals surface area contributed by atoms with Crippen molar-refractivity contribution in [3.8, 4) is 0 Å². The average molecular weight is 360 g/mol. The van der Waals surface area contributed by atoms with E-state index in [1.807, 2.05) is 6.07 Å². The maximum atomic E-state index is 12.3. The van der Waals surface area contributed by atoms with Gasteiger partial charge in [0.2, 0.25) is 5.95 Å². The van der Waals surface area contributed by atoms with Crippen LogP contribution in [0, 0.1) is 5.92 Å². The molecule has 2 saturated heterocycles. The topological polar surface area (TPSA) is 106 Å². The largest absolute Gasteiger partial charge is 0.340 e. The maximum Gasteiger partial charge on any atom is 0.315 e. The van der Waals surface area contributed by atoms with Crippen LogP contribution in [0.4, 0.5) is 10.7 Å². The molecule has 0 bridgehead atoms. The van der Waals surface area contributed by atoms with Gasteiger partial charge in [-0.05, 0) is 44.1 Å². The summed E-state index contributed by atoms with van der Waals surface area (Å²) in [7, 11) is 0. The number of amides is 2. The fourth-order valence-electron chi connectivity index (χ4n) is 4.20. The number of aromatic nitrogens is 2. The van der Waals surface area contributed by atoms with Gasteiger partial charge in [0.15, 0.2) is 0 Å². The molecule has 0 spiro atoms. The van der Waals surface area contributed by atoms with Crippen LogP contribution in [0.3, 0.4) is 0 Å². The van der Waals surface area contributed by atoms with Crippen LogP contribution in [0.1, 0.15) is 32.1 Å². The number of hydrogen-bond donors (Lipinski definition) is 5. The highest BCUT2D eigenvalue weighted by atomic mass is 16.2. The van der Waals surface area contributed by atoms with Gasteiger partial charge in [-0.1, -0.05) is 0 Å². The number of rotatable bonds is 4. The summed E-state index contributed by atoms with van der Waals surface area (Å²) in [5, 5.41) is 6.19. The van der Waals surface area contributed by atoms with Gasteiger partial charge >= 0.3 is 6.03 Å². The van der Waals surface area contributed by atoms with Crippen LogP contribution in [0.15, 0.2) is 18.5 Å². The molecular formula is C17H28N8O. The number of piperidine rings is 1. The molecule has 4 atom stereocenters. The summed E-state index contributed by atoms with van der Waals surface area (Å²) in [4.78, 5) is 23.2. The van der Waals surface area contributed by atoms with Crippen molar-refractivity contribution in [2.75, 3.05) is 24.5 Å². The van der Waals surface area contributed by atoms with E-state index in [0.29, 0.717) is 24.5 Å². The first-order chi connectivity index (χ1) is 12.8. The molecule has 1 aliphatic carbocycles. The summed E-state index contributed by atoms with van der Waals surface area (Å²) < 4.78 is 0. The minimum absolute atomic E-state index is 0.0551. The highest BCUT2D eigenvalue weighted by Gasteiger charge is 2.34. The first-order valence-electron chi connectivity index (χ1n) is 9.60. The second-order valence-corrected chi connectivity index (χ2v) is 7.49. The minimum atomic E-state index is -0.0551. The van der Waals surface area contributed by atoms with Crippen LogP contribution in [-0.4, -0.2) is 53.8 Å². The van der Waals surface area contributed by atoms with E-state index in [2.05, 4.69) is 41.9 Å². The highest BCUT2D eigenvalue weighted by molar-refractivity contribution is 5.74. The predicted molar refractivity (Wildman–Crippen MR) is 98.1 cm³/mol. The lowest BCUT2D eigenvalue weighted by Crippen LogP contribution is -2.51. The molecule has 3 fully saturated rings. The number of fused-ring (bicyclic) bond motifs is 1. The number of anilines is 1. The Morgan fingerprint density at radius 2 is 2.04 bits per heavy atom. The summed E-state index contributed by atoms with van der Waals surface area (Å²) >= 11 is 0. The zero-order valence-corrected chi connectivity index (χ0v) is 14.9. The van der Waals surface area contributed by atoms with Crippen molar-refractivity contribution in [2.45, 2.75) is 50.2 Å². The fraction of sp³-hybridized carbons (Fsp3) is 0.706. The normalized spacial score (nSPS) is 31.3. The first kappa shape index (κ1) is 17.4. The lowest BCUT2D eigenvalue weighted by molar-refractivity contribution is 0.225. The number of carbonyl (C=O) groups is 1. The smallest absolute Gasteiger partial charge is 0.315 e. The average Bonchev–Trinajstić information content (AvgIpc) is 3.15. The third kappa shape index (κ3) is 4.22. The first-order valence-corrected chi connectivity index (χ1v) is 9.60. The number of carbonyl (C=O) groups excluding carboxylic acids is 1. The van der Waals surface area contributed by atoms with Crippen LogP contribution in [0.5, 0.6) is 0 Å². The molecule has 4 unspecified atom stereocenters. The lowest BCUT2D eigenvalue weighted by Gasteiger charge is -2.33. The van der Waals surface area contributed by atoms with E-state index in [4.69, 9.17) is 0 Å². The molecule has 3 aliphatic rings. The van der Waals surface area contributed by atoms with Gasteiger partial charge in [-0.2, -0.15) is 5.53 Å². The molecule has 1 aromatic rings. The van der Waals surface area contributed by atoms with E-state index >= 15 is 0 Å². The number of nitrogens with zero attached hydrogens (tertiary/aromatic N) is 3. The Morgan fingerprint density at radius 3 is 2.92 bits per heavy atom. The van der Waals surface area contributed by atoms with Gasteiger partial charge < -0.3 is 15.5 Å². The van der Waals surface area contributed by atoms with Gasteiger partial charge in [0, 0.05) is 50.2 Å². The molecule has 4 rings (SSSR count). The number of hydrogen-bond acceptors (Lipinski definition) is 7. The molecule has 26 heavy (non-hydrogen) atoms. The molecule has 9 nitrogen and oxygen atoms in total. The van der Waals surface area contributed by atoms with Crippen LogP contribution < -0.4 is 31.9 Å². The molecule has 9 heteroatoms. The number of nitrogens with one attached hydrogen (secondary N) is 5. The molecule has 0 aromatic carbocycles. The van der Waals surface area contributed by atoms with E-state index in [1.54, 1.807) is 12.4 Å². The van der Waals surface area contributed by atoms with Crippen molar-refractivity contribution < 1.29 is 4.79 Å². The molecule has 1 saturated carbocycles. The Balaban J connectivity index is 1.20. The minimum Gasteiger partial charge on any atom is -0.340 e. The summed E-state index contributed by atoms with van der Waals surface area (Å²) in [6, 6.07) is 2.85. The molecule has 3 heterocycles. The second kappa shape index (κ2) is 8.15. The quantitative estimate of drug-likeness (QED) is 0.510. The SMILES string of the molecule is O=C(NCC1CCCN(c2ncccn2)C1)NC1CCC2NNNC2C1.